The number of nitrogens with zero attached hydrogens (tertiary/aromatic N) is 1. The quantitative estimate of drug-likeness (QED) is 0.560. The molecule has 0 aromatic rings. The van der Waals surface area contributed by atoms with Crippen molar-refractivity contribution in [3.8, 4) is 0 Å². The second-order valence-corrected chi connectivity index (χ2v) is 5.70. The van der Waals surface area contributed by atoms with Gasteiger partial charge in [-0.2, -0.15) is 0 Å². The van der Waals surface area contributed by atoms with E-state index >= 15 is 0 Å². The molecule has 0 fully saturated rings. The van der Waals surface area contributed by atoms with Gasteiger partial charge in [0.15, 0.2) is 0 Å². The second-order valence-electron chi connectivity index (χ2n) is 5.70. The van der Waals surface area contributed by atoms with Crippen LogP contribution in [-0.4, -0.2) is 5.71 Å². The fourth-order valence-corrected chi connectivity index (χ4v) is 2.06. The van der Waals surface area contributed by atoms with Crippen LogP contribution in [0.5, 0.6) is 0 Å². The molecule has 0 aliphatic heterocycles. The zero-order valence-electron chi connectivity index (χ0n) is 13.5. The fraction of sp³-hybridized carbons (Fsp3) is 0.421. The number of hydrogen-bond acceptors (Lipinski definition) is 1. The van der Waals surface area contributed by atoms with E-state index in [9.17, 15) is 0 Å². The zero-order valence-corrected chi connectivity index (χ0v) is 13.5. The standard InChI is InChI=1S/C19H27N/c1-6-8-12-16(3)20-18(11-7-2)17-13-9-10-14-19(4,5)15-17/h8-15H,6-7H2,1-5H3/b12-8-,18-11-,20-16-. The van der Waals surface area contributed by atoms with E-state index < -0.39 is 0 Å². The van der Waals surface area contributed by atoms with Crippen molar-refractivity contribution in [2.24, 2.45) is 10.4 Å². The third kappa shape index (κ3) is 5.56. The molecule has 0 unspecified atom stereocenters. The van der Waals surface area contributed by atoms with Crippen LogP contribution in [0.4, 0.5) is 0 Å². The molecule has 0 aromatic carbocycles. The molecule has 0 amide bonds. The van der Waals surface area contributed by atoms with Gasteiger partial charge in [-0.3, -0.25) is 4.99 Å². The van der Waals surface area contributed by atoms with Gasteiger partial charge in [0.2, 0.25) is 0 Å². The molecule has 1 aliphatic carbocycles. The minimum atomic E-state index is 0.0638. The molecule has 1 aliphatic rings. The first-order chi connectivity index (χ1) is 9.48. The highest BCUT2D eigenvalue weighted by Gasteiger charge is 2.14. The fourth-order valence-electron chi connectivity index (χ4n) is 2.06. The van der Waals surface area contributed by atoms with Crippen molar-refractivity contribution in [1.29, 1.82) is 0 Å². The number of aliphatic imine (C=N–C) groups is 1. The highest BCUT2D eigenvalue weighted by atomic mass is 14.8. The molecule has 0 N–H and O–H groups in total. The van der Waals surface area contributed by atoms with Gasteiger partial charge < -0.3 is 0 Å². The number of rotatable bonds is 5. The maximum atomic E-state index is 4.78. The molecule has 20 heavy (non-hydrogen) atoms. The Morgan fingerprint density at radius 1 is 1.20 bits per heavy atom. The van der Waals surface area contributed by atoms with Crippen LogP contribution < -0.4 is 0 Å². The molecule has 0 spiro atoms. The van der Waals surface area contributed by atoms with Crippen LogP contribution >= 0.6 is 0 Å². The summed E-state index contributed by atoms with van der Waals surface area (Å²) >= 11 is 0. The lowest BCUT2D eigenvalue weighted by Gasteiger charge is -2.16. The molecule has 1 heteroatoms. The van der Waals surface area contributed by atoms with Crippen LogP contribution in [0.25, 0.3) is 0 Å². The van der Waals surface area contributed by atoms with Gasteiger partial charge in [0, 0.05) is 11.1 Å². The molecular weight excluding hydrogens is 242 g/mol. The molecule has 0 atom stereocenters. The van der Waals surface area contributed by atoms with E-state index in [1.807, 2.05) is 0 Å². The van der Waals surface area contributed by atoms with Crippen molar-refractivity contribution in [2.75, 3.05) is 0 Å². The predicted molar refractivity (Wildman–Crippen MR) is 91.1 cm³/mol. The minimum absolute atomic E-state index is 0.0638. The topological polar surface area (TPSA) is 12.4 Å². The molecule has 108 valence electrons. The first kappa shape index (κ1) is 16.4. The van der Waals surface area contributed by atoms with Crippen molar-refractivity contribution in [1.82, 2.24) is 0 Å². The molecule has 0 saturated carbocycles. The summed E-state index contributed by atoms with van der Waals surface area (Å²) in [6, 6.07) is 0. The first-order valence-corrected chi connectivity index (χ1v) is 7.49. The van der Waals surface area contributed by atoms with Crippen molar-refractivity contribution in [2.45, 2.75) is 47.5 Å². The van der Waals surface area contributed by atoms with Crippen LogP contribution in [-0.2, 0) is 0 Å². The first-order valence-electron chi connectivity index (χ1n) is 7.49. The predicted octanol–water partition coefficient (Wildman–Crippen LogP) is 5.79. The Hall–Kier alpha value is -1.63. The third-order valence-electron chi connectivity index (χ3n) is 3.02. The van der Waals surface area contributed by atoms with Gasteiger partial charge in [0.05, 0.1) is 5.70 Å². The van der Waals surface area contributed by atoms with E-state index in [-0.39, 0.29) is 5.41 Å². The van der Waals surface area contributed by atoms with E-state index in [1.54, 1.807) is 0 Å². The summed E-state index contributed by atoms with van der Waals surface area (Å²) in [5.74, 6) is 0. The largest absolute Gasteiger partial charge is 0.254 e. The lowest BCUT2D eigenvalue weighted by Crippen LogP contribution is -2.03. The van der Waals surface area contributed by atoms with Crippen LogP contribution in [0.15, 0.2) is 64.9 Å². The summed E-state index contributed by atoms with van der Waals surface area (Å²) in [6.07, 6.45) is 19.3. The molecule has 0 radical (unpaired) electrons. The normalized spacial score (nSPS) is 19.4. The summed E-state index contributed by atoms with van der Waals surface area (Å²) in [7, 11) is 0. The van der Waals surface area contributed by atoms with Crippen LogP contribution in [0.3, 0.4) is 0 Å². The van der Waals surface area contributed by atoms with Gasteiger partial charge in [-0.1, -0.05) is 70.2 Å². The lowest BCUT2D eigenvalue weighted by molar-refractivity contribution is 0.624. The summed E-state index contributed by atoms with van der Waals surface area (Å²) < 4.78 is 0. The molecule has 1 rings (SSSR count). The van der Waals surface area contributed by atoms with Crippen LogP contribution in [0.1, 0.15) is 47.5 Å². The average molecular weight is 269 g/mol. The van der Waals surface area contributed by atoms with Crippen LogP contribution in [0.2, 0.25) is 0 Å². The summed E-state index contributed by atoms with van der Waals surface area (Å²) in [4.78, 5) is 4.78. The second kappa shape index (κ2) is 7.84. The average Bonchev–Trinajstić information content (AvgIpc) is 2.56. The van der Waals surface area contributed by atoms with Crippen molar-refractivity contribution >= 4 is 5.71 Å². The Morgan fingerprint density at radius 2 is 1.95 bits per heavy atom. The van der Waals surface area contributed by atoms with E-state index in [1.165, 1.54) is 5.57 Å². The molecular formula is C19H27N. The molecule has 1 nitrogen and oxygen atoms in total. The smallest absolute Gasteiger partial charge is 0.0662 e. The van der Waals surface area contributed by atoms with Gasteiger partial charge >= 0.3 is 0 Å². The van der Waals surface area contributed by atoms with Crippen molar-refractivity contribution in [3.05, 3.63) is 59.9 Å². The third-order valence-corrected chi connectivity index (χ3v) is 3.02. The van der Waals surface area contributed by atoms with Gasteiger partial charge in [0.1, 0.15) is 0 Å². The number of hydrogen-bond donors (Lipinski definition) is 0. The van der Waals surface area contributed by atoms with Crippen LogP contribution in [0, 0.1) is 5.41 Å². The van der Waals surface area contributed by atoms with Gasteiger partial charge in [-0.15, -0.1) is 0 Å². The number of allylic oxidation sites excluding steroid dienone is 8. The van der Waals surface area contributed by atoms with Crippen molar-refractivity contribution in [3.63, 3.8) is 0 Å². The van der Waals surface area contributed by atoms with E-state index in [0.717, 1.165) is 24.3 Å². The lowest BCUT2D eigenvalue weighted by atomic mass is 9.90. The minimum Gasteiger partial charge on any atom is -0.254 e. The van der Waals surface area contributed by atoms with Gasteiger partial charge in [-0.05, 0) is 31.4 Å². The Labute approximate surface area is 124 Å². The van der Waals surface area contributed by atoms with E-state index in [0.29, 0.717) is 0 Å². The highest BCUT2D eigenvalue weighted by Crippen LogP contribution is 2.28. The Morgan fingerprint density at radius 3 is 2.60 bits per heavy atom. The van der Waals surface area contributed by atoms with Gasteiger partial charge in [-0.25, -0.2) is 0 Å². The zero-order chi connectivity index (χ0) is 15.0. The maximum Gasteiger partial charge on any atom is 0.0662 e. The maximum absolute atomic E-state index is 4.78. The Bertz CT molecular complexity index is 494. The Kier molecular flexibility index (Phi) is 6.44. The van der Waals surface area contributed by atoms with Crippen molar-refractivity contribution < 1.29 is 0 Å². The Balaban J connectivity index is 3.12. The summed E-state index contributed by atoms with van der Waals surface area (Å²) in [6.45, 7) is 10.8. The SMILES string of the molecule is CC\C=C/C(C)=N\C(=C/CC)C1=CC(C)(C)C=CC=C1. The molecule has 0 aromatic heterocycles. The monoisotopic (exact) mass is 269 g/mol. The summed E-state index contributed by atoms with van der Waals surface area (Å²) in [5.41, 5.74) is 3.38. The highest BCUT2D eigenvalue weighted by molar-refractivity contribution is 5.93. The molecule has 0 bridgehead atoms. The van der Waals surface area contributed by atoms with Gasteiger partial charge in [0.25, 0.3) is 0 Å². The van der Waals surface area contributed by atoms with E-state index in [4.69, 9.17) is 4.99 Å². The molecule has 0 saturated heterocycles. The summed E-state index contributed by atoms with van der Waals surface area (Å²) in [5, 5.41) is 0. The van der Waals surface area contributed by atoms with E-state index in [2.05, 4.69) is 83.2 Å². The molecule has 0 heterocycles.